The van der Waals surface area contributed by atoms with Crippen LogP contribution in [0.1, 0.15) is 38.7 Å². The predicted octanol–water partition coefficient (Wildman–Crippen LogP) is 5.26. The highest BCUT2D eigenvalue weighted by molar-refractivity contribution is 7.06. The van der Waals surface area contributed by atoms with Crippen molar-refractivity contribution in [3.63, 3.8) is 0 Å². The Labute approximate surface area is 215 Å². The average Bonchev–Trinajstić information content (AvgIpc) is 3.40. The second-order valence-corrected chi connectivity index (χ2v) is 9.47. The van der Waals surface area contributed by atoms with Crippen LogP contribution in [0.25, 0.3) is 0 Å². The second kappa shape index (κ2) is 10.8. The van der Waals surface area contributed by atoms with E-state index < -0.39 is 42.4 Å². The van der Waals surface area contributed by atoms with Crippen molar-refractivity contribution in [2.75, 3.05) is 25.0 Å². The summed E-state index contributed by atoms with van der Waals surface area (Å²) in [6.07, 6.45) is -7.77. The van der Waals surface area contributed by atoms with Gasteiger partial charge in [0, 0.05) is 42.3 Å². The first kappa shape index (κ1) is 27.7. The SMILES string of the molecule is Cc1nsc(Cc2cnc(C(F)(F)F)cn2)c1C(=O)Nc1ccc(F)c(O[C@H]2CCN(CC(F)(F)F)C2)c1. The molecule has 0 bridgehead atoms. The number of carbonyl (C=O) groups excluding carboxylic acids is 1. The number of nitrogens with zero attached hydrogens (tertiary/aromatic N) is 4. The van der Waals surface area contributed by atoms with Crippen LogP contribution >= 0.6 is 11.5 Å². The number of hydrogen-bond donors (Lipinski definition) is 1. The Hall–Kier alpha value is -3.33. The van der Waals surface area contributed by atoms with E-state index in [1.165, 1.54) is 17.0 Å². The van der Waals surface area contributed by atoms with Crippen molar-refractivity contribution in [1.82, 2.24) is 19.2 Å². The van der Waals surface area contributed by atoms with Crippen LogP contribution in [0.4, 0.5) is 36.4 Å². The third-order valence-electron chi connectivity index (χ3n) is 5.61. The van der Waals surface area contributed by atoms with Crippen molar-refractivity contribution in [2.24, 2.45) is 0 Å². The maximum absolute atomic E-state index is 14.4. The summed E-state index contributed by atoms with van der Waals surface area (Å²) in [6.45, 7) is 0.628. The molecule has 0 saturated carbocycles. The fraction of sp³-hybridized carbons (Fsp3) is 0.391. The highest BCUT2D eigenvalue weighted by Gasteiger charge is 2.35. The standard InChI is InChI=1S/C23H20F7N5O2S/c1-12-20(18(38-34-12)7-14-8-32-19(9-31-14)23(28,29)30)21(36)33-13-2-3-16(24)17(6-13)37-15-4-5-35(10-15)11-22(25,26)27/h2-3,6,8-9,15H,4-5,7,10-11H2,1H3,(H,33,36)/t15-/m0/s1. The molecule has 1 aliphatic heterocycles. The first-order valence-electron chi connectivity index (χ1n) is 11.2. The molecule has 1 atom stereocenters. The van der Waals surface area contributed by atoms with E-state index in [1.54, 1.807) is 6.92 Å². The summed E-state index contributed by atoms with van der Waals surface area (Å²) in [5.74, 6) is -1.56. The molecule has 15 heteroatoms. The molecular formula is C23H20F7N5O2S. The molecule has 1 aliphatic rings. The zero-order valence-electron chi connectivity index (χ0n) is 19.7. The fourth-order valence-electron chi connectivity index (χ4n) is 3.92. The minimum absolute atomic E-state index is 0.00722. The number of likely N-dealkylation sites (tertiary alicyclic amines) is 1. The van der Waals surface area contributed by atoms with Gasteiger partial charge in [-0.25, -0.2) is 9.37 Å². The molecule has 0 unspecified atom stereocenters. The van der Waals surface area contributed by atoms with Crippen LogP contribution in [-0.2, 0) is 12.6 Å². The van der Waals surface area contributed by atoms with Crippen molar-refractivity contribution in [3.05, 3.63) is 63.9 Å². The summed E-state index contributed by atoms with van der Waals surface area (Å²) in [7, 11) is 0. The van der Waals surface area contributed by atoms with E-state index in [1.807, 2.05) is 0 Å². The van der Waals surface area contributed by atoms with Gasteiger partial charge in [0.25, 0.3) is 5.91 Å². The van der Waals surface area contributed by atoms with E-state index >= 15 is 0 Å². The number of hydrogen-bond acceptors (Lipinski definition) is 7. The Morgan fingerprint density at radius 2 is 1.95 bits per heavy atom. The topological polar surface area (TPSA) is 80.2 Å². The minimum atomic E-state index is -4.63. The van der Waals surface area contributed by atoms with Crippen LogP contribution in [0, 0.1) is 12.7 Å². The minimum Gasteiger partial charge on any atom is -0.486 e. The first-order valence-corrected chi connectivity index (χ1v) is 12.0. The summed E-state index contributed by atoms with van der Waals surface area (Å²) in [5.41, 5.74) is -0.217. The lowest BCUT2D eigenvalue weighted by Crippen LogP contribution is -2.33. The number of nitrogens with one attached hydrogen (secondary N) is 1. The maximum Gasteiger partial charge on any atom is 0.434 e. The third kappa shape index (κ3) is 6.95. The van der Waals surface area contributed by atoms with Crippen molar-refractivity contribution < 1.29 is 40.3 Å². The van der Waals surface area contributed by atoms with Gasteiger partial charge in [0.05, 0.1) is 29.7 Å². The monoisotopic (exact) mass is 563 g/mol. The van der Waals surface area contributed by atoms with Crippen LogP contribution < -0.4 is 10.1 Å². The summed E-state index contributed by atoms with van der Waals surface area (Å²) in [6, 6.07) is 3.58. The van der Waals surface area contributed by atoms with Crippen LogP contribution in [-0.4, -0.2) is 57.1 Å². The molecule has 1 N–H and O–H groups in total. The van der Waals surface area contributed by atoms with Gasteiger partial charge in [-0.1, -0.05) is 0 Å². The summed E-state index contributed by atoms with van der Waals surface area (Å²) in [4.78, 5) is 21.8. The van der Waals surface area contributed by atoms with Crippen molar-refractivity contribution in [1.29, 1.82) is 0 Å². The smallest absolute Gasteiger partial charge is 0.434 e. The van der Waals surface area contributed by atoms with E-state index in [-0.39, 0.29) is 48.6 Å². The number of anilines is 1. The normalized spacial score (nSPS) is 16.6. The third-order valence-corrected chi connectivity index (χ3v) is 6.55. The van der Waals surface area contributed by atoms with Crippen LogP contribution in [0.2, 0.25) is 0 Å². The predicted molar refractivity (Wildman–Crippen MR) is 123 cm³/mol. The number of carbonyl (C=O) groups is 1. The molecule has 0 aliphatic carbocycles. The molecule has 1 saturated heterocycles. The van der Waals surface area contributed by atoms with Gasteiger partial charge >= 0.3 is 12.4 Å². The first-order chi connectivity index (χ1) is 17.8. The number of benzene rings is 1. The van der Waals surface area contributed by atoms with Gasteiger partial charge in [0.2, 0.25) is 0 Å². The summed E-state index contributed by atoms with van der Waals surface area (Å²) in [5, 5.41) is 2.61. The molecule has 3 aromatic rings. The Morgan fingerprint density at radius 1 is 1.18 bits per heavy atom. The Morgan fingerprint density at radius 3 is 2.61 bits per heavy atom. The molecule has 7 nitrogen and oxygen atoms in total. The van der Waals surface area contributed by atoms with E-state index in [9.17, 15) is 35.5 Å². The maximum atomic E-state index is 14.4. The lowest BCUT2D eigenvalue weighted by Gasteiger charge is -2.18. The van der Waals surface area contributed by atoms with Crippen molar-refractivity contribution in [3.8, 4) is 5.75 Å². The van der Waals surface area contributed by atoms with Gasteiger partial charge in [-0.2, -0.15) is 30.7 Å². The molecular weight excluding hydrogens is 543 g/mol. The van der Waals surface area contributed by atoms with Crippen LogP contribution in [0.3, 0.4) is 0 Å². The lowest BCUT2D eigenvalue weighted by atomic mass is 10.1. The summed E-state index contributed by atoms with van der Waals surface area (Å²) < 4.78 is 100. The van der Waals surface area contributed by atoms with Gasteiger partial charge in [-0.05, 0) is 37.0 Å². The molecule has 1 aromatic carbocycles. The van der Waals surface area contributed by atoms with E-state index in [0.717, 1.165) is 23.8 Å². The quantitative estimate of drug-likeness (QED) is 0.396. The van der Waals surface area contributed by atoms with E-state index in [4.69, 9.17) is 4.74 Å². The molecule has 0 radical (unpaired) electrons. The highest BCUT2D eigenvalue weighted by Crippen LogP contribution is 2.29. The fourth-order valence-corrected chi connectivity index (χ4v) is 4.80. The molecule has 4 rings (SSSR count). The molecule has 1 fully saturated rings. The van der Waals surface area contributed by atoms with Crippen LogP contribution in [0.5, 0.6) is 5.75 Å². The van der Waals surface area contributed by atoms with Gasteiger partial charge in [-0.15, -0.1) is 0 Å². The van der Waals surface area contributed by atoms with Crippen molar-refractivity contribution in [2.45, 2.75) is 38.2 Å². The van der Waals surface area contributed by atoms with Crippen LogP contribution in [0.15, 0.2) is 30.6 Å². The molecule has 1 amide bonds. The molecule has 2 aromatic heterocycles. The molecule has 38 heavy (non-hydrogen) atoms. The van der Waals surface area contributed by atoms with E-state index in [2.05, 4.69) is 19.7 Å². The largest absolute Gasteiger partial charge is 0.486 e. The highest BCUT2D eigenvalue weighted by atomic mass is 32.1. The number of aryl methyl sites for hydroxylation is 1. The number of halogens is 7. The second-order valence-electron chi connectivity index (χ2n) is 8.61. The Kier molecular flexibility index (Phi) is 7.88. The zero-order valence-corrected chi connectivity index (χ0v) is 20.5. The van der Waals surface area contributed by atoms with Gasteiger partial charge in [0.15, 0.2) is 17.3 Å². The number of ether oxygens (including phenoxy) is 1. The van der Waals surface area contributed by atoms with E-state index in [0.29, 0.717) is 16.8 Å². The Balaban J connectivity index is 1.44. The average molecular weight is 563 g/mol. The van der Waals surface area contributed by atoms with Gasteiger partial charge in [-0.3, -0.25) is 14.7 Å². The molecule has 3 heterocycles. The number of alkyl halides is 6. The molecule has 0 spiro atoms. The van der Waals surface area contributed by atoms with Gasteiger partial charge in [0.1, 0.15) is 6.10 Å². The zero-order chi connectivity index (χ0) is 27.7. The number of aromatic nitrogens is 3. The van der Waals surface area contributed by atoms with Gasteiger partial charge < -0.3 is 10.1 Å². The summed E-state index contributed by atoms with van der Waals surface area (Å²) >= 11 is 0.980. The lowest BCUT2D eigenvalue weighted by molar-refractivity contribution is -0.144. The molecule has 204 valence electrons. The number of amides is 1. The van der Waals surface area contributed by atoms with Crippen molar-refractivity contribution >= 4 is 23.1 Å². The Bertz CT molecular complexity index is 1290. The number of rotatable bonds is 7.